The highest BCUT2D eigenvalue weighted by Gasteiger charge is 2.44. The summed E-state index contributed by atoms with van der Waals surface area (Å²) in [6.07, 6.45) is -0.696. The summed E-state index contributed by atoms with van der Waals surface area (Å²) in [5, 5.41) is 0. The van der Waals surface area contributed by atoms with Gasteiger partial charge in [-0.05, 0) is 23.3 Å². The van der Waals surface area contributed by atoms with E-state index in [1.165, 1.54) is 6.92 Å². The molecule has 0 spiro atoms. The molecular weight excluding hydrogens is 406 g/mol. The molecule has 0 saturated heterocycles. The quantitative estimate of drug-likeness (QED) is 0.397. The average molecular weight is 429 g/mol. The number of imide groups is 1. The highest BCUT2D eigenvalue weighted by atomic mass is 16.5. The van der Waals surface area contributed by atoms with Crippen LogP contribution in [0.1, 0.15) is 44.9 Å². The normalized spacial score (nSPS) is 14.7. The van der Waals surface area contributed by atoms with Gasteiger partial charge in [-0.25, -0.2) is 0 Å². The van der Waals surface area contributed by atoms with E-state index in [2.05, 4.69) is 0 Å². The zero-order chi connectivity index (χ0) is 22.5. The molecule has 0 radical (unpaired) electrons. The van der Waals surface area contributed by atoms with Gasteiger partial charge in [0, 0.05) is 6.92 Å². The Morgan fingerprint density at radius 1 is 0.812 bits per heavy atom. The number of benzene rings is 3. The van der Waals surface area contributed by atoms with Crippen LogP contribution in [0.5, 0.6) is 0 Å². The van der Waals surface area contributed by atoms with Crippen LogP contribution in [-0.2, 0) is 20.9 Å². The van der Waals surface area contributed by atoms with Gasteiger partial charge in [-0.1, -0.05) is 72.8 Å². The third-order valence-electron chi connectivity index (χ3n) is 5.36. The fourth-order valence-corrected chi connectivity index (χ4v) is 3.84. The van der Waals surface area contributed by atoms with E-state index in [1.807, 2.05) is 60.7 Å². The predicted molar refractivity (Wildman–Crippen MR) is 118 cm³/mol. The van der Waals surface area contributed by atoms with E-state index in [1.54, 1.807) is 24.3 Å². The minimum atomic E-state index is -0.836. The van der Waals surface area contributed by atoms with E-state index in [0.29, 0.717) is 11.1 Å². The fourth-order valence-electron chi connectivity index (χ4n) is 3.84. The van der Waals surface area contributed by atoms with Crippen LogP contribution in [0, 0.1) is 0 Å². The molecule has 0 bridgehead atoms. The summed E-state index contributed by atoms with van der Waals surface area (Å²) in [4.78, 5) is 39.2. The number of esters is 1. The molecule has 4 rings (SSSR count). The minimum absolute atomic E-state index is 0.171. The second kappa shape index (κ2) is 9.58. The molecule has 1 aliphatic heterocycles. The van der Waals surface area contributed by atoms with Crippen molar-refractivity contribution < 1.29 is 23.9 Å². The first-order chi connectivity index (χ1) is 15.6. The molecule has 0 N–H and O–H groups in total. The van der Waals surface area contributed by atoms with Gasteiger partial charge in [0.25, 0.3) is 11.8 Å². The molecule has 3 aromatic carbocycles. The maximum atomic E-state index is 13.2. The number of amides is 2. The van der Waals surface area contributed by atoms with Crippen molar-refractivity contribution in [3.63, 3.8) is 0 Å². The van der Waals surface area contributed by atoms with Gasteiger partial charge in [0.15, 0.2) is 0 Å². The first-order valence-electron chi connectivity index (χ1n) is 10.4. The van der Waals surface area contributed by atoms with Crippen molar-refractivity contribution in [3.8, 4) is 0 Å². The monoisotopic (exact) mass is 429 g/mol. The molecule has 162 valence electrons. The summed E-state index contributed by atoms with van der Waals surface area (Å²) in [6, 6.07) is 24.8. The Hall–Kier alpha value is -3.77. The van der Waals surface area contributed by atoms with Gasteiger partial charge >= 0.3 is 5.97 Å². The van der Waals surface area contributed by atoms with E-state index in [9.17, 15) is 14.4 Å². The van der Waals surface area contributed by atoms with Gasteiger partial charge in [-0.2, -0.15) is 0 Å². The molecule has 2 atom stereocenters. The highest BCUT2D eigenvalue weighted by Crippen LogP contribution is 2.33. The summed E-state index contributed by atoms with van der Waals surface area (Å²) < 4.78 is 11.6. The maximum absolute atomic E-state index is 13.2. The predicted octanol–water partition coefficient (Wildman–Crippen LogP) is 4.17. The van der Waals surface area contributed by atoms with Crippen LogP contribution in [0.25, 0.3) is 0 Å². The molecule has 0 unspecified atom stereocenters. The van der Waals surface area contributed by atoms with Crippen molar-refractivity contribution in [2.24, 2.45) is 0 Å². The fraction of sp³-hybridized carbons (Fsp3) is 0.192. The topological polar surface area (TPSA) is 72.9 Å². The summed E-state index contributed by atoms with van der Waals surface area (Å²) in [6.45, 7) is 1.39. The van der Waals surface area contributed by atoms with Crippen molar-refractivity contribution in [1.82, 2.24) is 4.90 Å². The second-order valence-electron chi connectivity index (χ2n) is 7.52. The molecule has 6 nitrogen and oxygen atoms in total. The Morgan fingerprint density at radius 3 is 1.91 bits per heavy atom. The molecule has 0 aliphatic carbocycles. The van der Waals surface area contributed by atoms with Gasteiger partial charge in [-0.15, -0.1) is 0 Å². The number of carbonyl (C=O) groups is 3. The molecule has 2 amide bonds. The van der Waals surface area contributed by atoms with E-state index in [0.717, 1.165) is 16.0 Å². The van der Waals surface area contributed by atoms with Crippen LogP contribution < -0.4 is 0 Å². The lowest BCUT2D eigenvalue weighted by Gasteiger charge is -2.33. The SMILES string of the molecule is CC(=O)OC[C@@H]([C@@H](OCc1ccccc1)c1ccccc1)N1C(=O)c2ccccc2C1=O. The Balaban J connectivity index is 1.71. The molecule has 1 aliphatic rings. The number of nitrogens with zero attached hydrogens (tertiary/aromatic N) is 1. The van der Waals surface area contributed by atoms with Gasteiger partial charge in [0.05, 0.1) is 17.7 Å². The van der Waals surface area contributed by atoms with Crippen molar-refractivity contribution in [1.29, 1.82) is 0 Å². The molecule has 3 aromatic rings. The lowest BCUT2D eigenvalue weighted by atomic mass is 10.0. The number of carbonyl (C=O) groups excluding carboxylic acids is 3. The van der Waals surface area contributed by atoms with Crippen LogP contribution in [0.3, 0.4) is 0 Å². The van der Waals surface area contributed by atoms with E-state index >= 15 is 0 Å². The number of hydrogen-bond acceptors (Lipinski definition) is 5. The Kier molecular flexibility index (Phi) is 6.42. The first-order valence-corrected chi connectivity index (χ1v) is 10.4. The number of hydrogen-bond donors (Lipinski definition) is 0. The largest absolute Gasteiger partial charge is 0.464 e. The van der Waals surface area contributed by atoms with Crippen LogP contribution in [-0.4, -0.2) is 35.3 Å². The summed E-state index contributed by atoms with van der Waals surface area (Å²) in [5.41, 5.74) is 2.39. The van der Waals surface area contributed by atoms with E-state index in [-0.39, 0.29) is 13.2 Å². The Bertz CT molecular complexity index is 1080. The second-order valence-corrected chi connectivity index (χ2v) is 7.52. The van der Waals surface area contributed by atoms with E-state index in [4.69, 9.17) is 9.47 Å². The van der Waals surface area contributed by atoms with Crippen LogP contribution >= 0.6 is 0 Å². The summed E-state index contributed by atoms with van der Waals surface area (Å²) in [7, 11) is 0. The lowest BCUT2D eigenvalue weighted by Crippen LogP contribution is -2.47. The molecule has 6 heteroatoms. The summed E-state index contributed by atoms with van der Waals surface area (Å²) >= 11 is 0. The van der Waals surface area contributed by atoms with Crippen molar-refractivity contribution in [2.75, 3.05) is 6.61 Å². The number of fused-ring (bicyclic) bond motifs is 1. The van der Waals surface area contributed by atoms with Gasteiger partial charge in [0.1, 0.15) is 18.8 Å². The molecule has 0 aromatic heterocycles. The molecule has 1 heterocycles. The third kappa shape index (κ3) is 4.45. The zero-order valence-corrected chi connectivity index (χ0v) is 17.6. The van der Waals surface area contributed by atoms with Crippen molar-refractivity contribution in [2.45, 2.75) is 25.7 Å². The average Bonchev–Trinajstić information content (AvgIpc) is 3.07. The molecule has 0 saturated carbocycles. The maximum Gasteiger partial charge on any atom is 0.302 e. The zero-order valence-electron chi connectivity index (χ0n) is 17.6. The van der Waals surface area contributed by atoms with Crippen molar-refractivity contribution in [3.05, 3.63) is 107 Å². The van der Waals surface area contributed by atoms with Crippen LogP contribution in [0.15, 0.2) is 84.9 Å². The molecular formula is C26H23NO5. The van der Waals surface area contributed by atoms with Crippen LogP contribution in [0.4, 0.5) is 0 Å². The van der Waals surface area contributed by atoms with Crippen molar-refractivity contribution >= 4 is 17.8 Å². The Labute approximate surface area is 186 Å². The molecule has 0 fully saturated rings. The van der Waals surface area contributed by atoms with Gasteiger partial charge in [-0.3, -0.25) is 19.3 Å². The molecule has 32 heavy (non-hydrogen) atoms. The van der Waals surface area contributed by atoms with E-state index < -0.39 is 29.9 Å². The number of rotatable bonds is 8. The minimum Gasteiger partial charge on any atom is -0.464 e. The number of ether oxygens (including phenoxy) is 2. The van der Waals surface area contributed by atoms with Crippen LogP contribution in [0.2, 0.25) is 0 Å². The third-order valence-corrected chi connectivity index (χ3v) is 5.36. The highest BCUT2D eigenvalue weighted by molar-refractivity contribution is 6.21. The Morgan fingerprint density at radius 2 is 1.34 bits per heavy atom. The lowest BCUT2D eigenvalue weighted by molar-refractivity contribution is -0.144. The smallest absolute Gasteiger partial charge is 0.302 e. The van der Waals surface area contributed by atoms with Gasteiger partial charge < -0.3 is 9.47 Å². The van der Waals surface area contributed by atoms with Gasteiger partial charge in [0.2, 0.25) is 0 Å². The first kappa shape index (κ1) is 21.5. The standard InChI is InChI=1S/C26H23NO5/c1-18(28)31-17-23(27-25(29)21-14-8-9-15-22(21)26(27)30)24(20-12-6-3-7-13-20)32-16-19-10-4-2-5-11-19/h2-15,23-24H,16-17H2,1H3/t23-,24-/m0/s1. The summed E-state index contributed by atoms with van der Waals surface area (Å²) in [5.74, 6) is -1.35.